The predicted molar refractivity (Wildman–Crippen MR) is 84.2 cm³/mol. The lowest BCUT2D eigenvalue weighted by Gasteiger charge is -2.10. The van der Waals surface area contributed by atoms with Gasteiger partial charge in [-0.2, -0.15) is 0 Å². The summed E-state index contributed by atoms with van der Waals surface area (Å²) < 4.78 is 52.2. The van der Waals surface area contributed by atoms with E-state index in [0.29, 0.717) is 6.42 Å². The average Bonchev–Trinajstić information content (AvgIpc) is 2.71. The fourth-order valence-electron chi connectivity index (χ4n) is 2.20. The Hall–Kier alpha value is -1.06. The third-order valence-electron chi connectivity index (χ3n) is 3.22. The zero-order valence-electron chi connectivity index (χ0n) is 11.1. The van der Waals surface area contributed by atoms with Crippen molar-refractivity contribution in [3.63, 3.8) is 0 Å². The summed E-state index contributed by atoms with van der Waals surface area (Å²) in [6.07, 6.45) is 0.0370. The molecule has 0 aliphatic heterocycles. The number of nitrogens with two attached hydrogens (primary N) is 1. The number of benzene rings is 1. The quantitative estimate of drug-likeness (QED) is 0.341. The molecule has 0 aromatic heterocycles. The van der Waals surface area contributed by atoms with Crippen molar-refractivity contribution in [2.45, 2.75) is 25.2 Å². The number of alkyl halides is 2. The van der Waals surface area contributed by atoms with Gasteiger partial charge in [0.15, 0.2) is 5.96 Å². The van der Waals surface area contributed by atoms with Crippen LogP contribution < -0.4 is 11.1 Å². The highest BCUT2D eigenvalue weighted by atomic mass is 127. The van der Waals surface area contributed by atoms with E-state index in [2.05, 4.69) is 10.3 Å². The first-order valence-corrected chi connectivity index (χ1v) is 6.25. The fourth-order valence-corrected chi connectivity index (χ4v) is 2.20. The lowest BCUT2D eigenvalue weighted by atomic mass is 10.1. The SMILES string of the molecule is I.NC(=NCC1CCC(F)(F)C1)Nc1cc(F)ccc1F. The van der Waals surface area contributed by atoms with Gasteiger partial charge < -0.3 is 11.1 Å². The third-order valence-corrected chi connectivity index (χ3v) is 3.22. The molecule has 1 aliphatic carbocycles. The molecule has 0 bridgehead atoms. The highest BCUT2D eigenvalue weighted by Crippen LogP contribution is 2.38. The minimum atomic E-state index is -2.63. The van der Waals surface area contributed by atoms with Crippen molar-refractivity contribution in [3.8, 4) is 0 Å². The molecule has 0 heterocycles. The molecular weight excluding hydrogens is 401 g/mol. The van der Waals surface area contributed by atoms with Crippen molar-refractivity contribution in [2.75, 3.05) is 11.9 Å². The van der Waals surface area contributed by atoms with Gasteiger partial charge in [-0.05, 0) is 24.5 Å². The zero-order valence-corrected chi connectivity index (χ0v) is 13.4. The summed E-state index contributed by atoms with van der Waals surface area (Å²) in [6, 6.07) is 2.89. The molecule has 0 saturated heterocycles. The second kappa shape index (κ2) is 7.28. The van der Waals surface area contributed by atoms with Crippen LogP contribution in [0, 0.1) is 17.6 Å². The van der Waals surface area contributed by atoms with Crippen molar-refractivity contribution in [2.24, 2.45) is 16.6 Å². The van der Waals surface area contributed by atoms with E-state index < -0.39 is 17.6 Å². The molecule has 1 fully saturated rings. The molecule has 0 spiro atoms. The van der Waals surface area contributed by atoms with Crippen LogP contribution in [0.3, 0.4) is 0 Å². The van der Waals surface area contributed by atoms with Crippen LogP contribution >= 0.6 is 24.0 Å². The summed E-state index contributed by atoms with van der Waals surface area (Å²) >= 11 is 0. The van der Waals surface area contributed by atoms with Gasteiger partial charge in [-0.15, -0.1) is 24.0 Å². The van der Waals surface area contributed by atoms with Gasteiger partial charge >= 0.3 is 0 Å². The van der Waals surface area contributed by atoms with Gasteiger partial charge in [-0.25, -0.2) is 17.6 Å². The Balaban J connectivity index is 0.00000220. The predicted octanol–water partition coefficient (Wildman–Crippen LogP) is 3.74. The minimum Gasteiger partial charge on any atom is -0.370 e. The zero-order chi connectivity index (χ0) is 14.8. The van der Waals surface area contributed by atoms with Gasteiger partial charge in [0.05, 0.1) is 5.69 Å². The Labute approximate surface area is 137 Å². The highest BCUT2D eigenvalue weighted by molar-refractivity contribution is 14.0. The molecule has 1 atom stereocenters. The number of hydrogen-bond acceptors (Lipinski definition) is 1. The molecule has 3 nitrogen and oxygen atoms in total. The molecule has 1 aromatic carbocycles. The second-order valence-corrected chi connectivity index (χ2v) is 4.94. The van der Waals surface area contributed by atoms with Gasteiger partial charge in [0, 0.05) is 25.5 Å². The third kappa shape index (κ3) is 5.33. The summed E-state index contributed by atoms with van der Waals surface area (Å²) in [6.45, 7) is 0.144. The highest BCUT2D eigenvalue weighted by Gasteiger charge is 2.39. The van der Waals surface area contributed by atoms with E-state index in [9.17, 15) is 17.6 Å². The molecule has 1 aromatic rings. The number of hydrogen-bond donors (Lipinski definition) is 2. The Morgan fingerprint density at radius 1 is 1.38 bits per heavy atom. The Bertz CT molecular complexity index is 522. The number of halogens is 5. The van der Waals surface area contributed by atoms with Crippen LogP contribution in [0.15, 0.2) is 23.2 Å². The minimum absolute atomic E-state index is 0. The van der Waals surface area contributed by atoms with Gasteiger partial charge in [0.2, 0.25) is 5.92 Å². The summed E-state index contributed by atoms with van der Waals surface area (Å²) in [5.74, 6) is -4.27. The molecular formula is C13H16F4IN3. The van der Waals surface area contributed by atoms with Crippen LogP contribution in [-0.2, 0) is 0 Å². The number of anilines is 1. The number of nitrogens with zero attached hydrogens (tertiary/aromatic N) is 1. The molecule has 1 saturated carbocycles. The number of nitrogens with one attached hydrogen (secondary N) is 1. The molecule has 0 radical (unpaired) electrons. The fraction of sp³-hybridized carbons (Fsp3) is 0.462. The first-order valence-electron chi connectivity index (χ1n) is 6.25. The first kappa shape index (κ1) is 18.0. The summed E-state index contributed by atoms with van der Waals surface area (Å²) in [5, 5.41) is 2.42. The van der Waals surface area contributed by atoms with E-state index in [0.717, 1.165) is 18.2 Å². The van der Waals surface area contributed by atoms with Gasteiger partial charge in [-0.3, -0.25) is 4.99 Å². The van der Waals surface area contributed by atoms with Crippen LogP contribution in [0.5, 0.6) is 0 Å². The molecule has 0 amide bonds. The van der Waals surface area contributed by atoms with E-state index in [4.69, 9.17) is 5.73 Å². The Morgan fingerprint density at radius 2 is 2.10 bits per heavy atom. The van der Waals surface area contributed by atoms with Crippen LogP contribution in [-0.4, -0.2) is 18.4 Å². The van der Waals surface area contributed by atoms with Crippen molar-refractivity contribution in [3.05, 3.63) is 29.8 Å². The van der Waals surface area contributed by atoms with E-state index in [1.54, 1.807) is 0 Å². The standard InChI is InChI=1S/C13H15F4N3.HI/c14-9-1-2-10(15)11(5-9)20-12(18)19-7-8-3-4-13(16,17)6-8;/h1-2,5,8H,3-4,6-7H2,(H3,18,19,20);1H. The molecule has 1 unspecified atom stereocenters. The van der Waals surface area contributed by atoms with Gasteiger partial charge in [-0.1, -0.05) is 0 Å². The van der Waals surface area contributed by atoms with E-state index >= 15 is 0 Å². The van der Waals surface area contributed by atoms with Crippen LogP contribution in [0.2, 0.25) is 0 Å². The molecule has 3 N–H and O–H groups in total. The van der Waals surface area contributed by atoms with E-state index in [1.807, 2.05) is 0 Å². The topological polar surface area (TPSA) is 50.4 Å². The first-order chi connectivity index (χ1) is 9.35. The van der Waals surface area contributed by atoms with Crippen molar-refractivity contribution >= 4 is 35.6 Å². The number of aliphatic imine (C=N–C) groups is 1. The largest absolute Gasteiger partial charge is 0.370 e. The Morgan fingerprint density at radius 3 is 2.71 bits per heavy atom. The molecule has 118 valence electrons. The monoisotopic (exact) mass is 417 g/mol. The summed E-state index contributed by atoms with van der Waals surface area (Å²) in [7, 11) is 0. The summed E-state index contributed by atoms with van der Waals surface area (Å²) in [4.78, 5) is 3.90. The Kier molecular flexibility index (Phi) is 6.24. The molecule has 1 aliphatic rings. The average molecular weight is 417 g/mol. The maximum atomic E-state index is 13.3. The smallest absolute Gasteiger partial charge is 0.248 e. The number of guanidine groups is 1. The molecule has 21 heavy (non-hydrogen) atoms. The lowest BCUT2D eigenvalue weighted by molar-refractivity contribution is 0.00542. The summed E-state index contributed by atoms with van der Waals surface area (Å²) in [5.41, 5.74) is 5.40. The van der Waals surface area contributed by atoms with E-state index in [1.165, 1.54) is 0 Å². The van der Waals surface area contributed by atoms with Crippen molar-refractivity contribution in [1.82, 2.24) is 0 Å². The normalized spacial score (nSPS) is 21.0. The van der Waals surface area contributed by atoms with Crippen LogP contribution in [0.1, 0.15) is 19.3 Å². The number of rotatable bonds is 3. The molecule has 2 rings (SSSR count). The molecule has 8 heteroatoms. The van der Waals surface area contributed by atoms with Gasteiger partial charge in [0.25, 0.3) is 0 Å². The maximum Gasteiger partial charge on any atom is 0.248 e. The lowest BCUT2D eigenvalue weighted by Crippen LogP contribution is -2.24. The van der Waals surface area contributed by atoms with Crippen LogP contribution in [0.4, 0.5) is 23.2 Å². The second-order valence-electron chi connectivity index (χ2n) is 4.94. The van der Waals surface area contributed by atoms with Gasteiger partial charge in [0.1, 0.15) is 11.6 Å². The van der Waals surface area contributed by atoms with E-state index in [-0.39, 0.29) is 60.9 Å². The van der Waals surface area contributed by atoms with Crippen molar-refractivity contribution in [1.29, 1.82) is 0 Å². The van der Waals surface area contributed by atoms with Crippen molar-refractivity contribution < 1.29 is 17.6 Å². The van der Waals surface area contributed by atoms with Crippen LogP contribution in [0.25, 0.3) is 0 Å². The maximum absolute atomic E-state index is 13.3.